The molecule has 0 saturated heterocycles. The Morgan fingerprint density at radius 1 is 1.24 bits per heavy atom. The second kappa shape index (κ2) is 4.89. The maximum atomic E-state index is 10.2. The monoisotopic (exact) mass is 247 g/mol. The molecule has 2 rings (SSSR count). The molecule has 0 spiro atoms. The lowest BCUT2D eigenvalue weighted by Gasteiger charge is -1.98. The van der Waals surface area contributed by atoms with E-state index in [9.17, 15) is 9.90 Å². The Labute approximate surface area is 103 Å². The Balaban J connectivity index is 2.30. The minimum Gasteiger partial charge on any atom is -0.545 e. The fraction of sp³-hybridized carbons (Fsp3) is 0. The van der Waals surface area contributed by atoms with Crippen LogP contribution in [0.5, 0.6) is 0 Å². The predicted molar refractivity (Wildman–Crippen MR) is 63.2 cm³/mol. The molecule has 3 nitrogen and oxygen atoms in total. The first-order valence-electron chi connectivity index (χ1n) is 4.90. The fourth-order valence-corrected chi connectivity index (χ4v) is 1.63. The van der Waals surface area contributed by atoms with Crippen molar-refractivity contribution in [1.29, 1.82) is 0 Å². The van der Waals surface area contributed by atoms with Gasteiger partial charge in [-0.25, -0.2) is 0 Å². The van der Waals surface area contributed by atoms with Gasteiger partial charge in [0.15, 0.2) is 0 Å². The molecule has 1 aromatic carbocycles. The number of halogens is 1. The lowest BCUT2D eigenvalue weighted by molar-refractivity contribution is -0.297. The summed E-state index contributed by atoms with van der Waals surface area (Å²) in [5, 5.41) is 10.8. The Morgan fingerprint density at radius 2 is 2.00 bits per heavy atom. The van der Waals surface area contributed by atoms with Crippen molar-refractivity contribution in [2.24, 2.45) is 0 Å². The van der Waals surface area contributed by atoms with E-state index in [4.69, 9.17) is 16.0 Å². The van der Waals surface area contributed by atoms with Gasteiger partial charge in [0.05, 0.1) is 11.0 Å². The van der Waals surface area contributed by atoms with Crippen LogP contribution < -0.4 is 5.11 Å². The Bertz CT molecular complexity index is 570. The third-order valence-corrected chi connectivity index (χ3v) is 2.48. The van der Waals surface area contributed by atoms with Gasteiger partial charge in [0.1, 0.15) is 11.5 Å². The van der Waals surface area contributed by atoms with E-state index in [0.29, 0.717) is 16.5 Å². The zero-order valence-corrected chi connectivity index (χ0v) is 9.48. The molecule has 0 amide bonds. The standard InChI is InChI=1S/C13H9ClO3/c14-11-4-2-1-3-10(11)12-7-5-9(17-12)6-8-13(15)16/h1-8H,(H,15,16)/p-1. The highest BCUT2D eigenvalue weighted by molar-refractivity contribution is 6.33. The molecular weight excluding hydrogens is 240 g/mol. The molecule has 0 fully saturated rings. The van der Waals surface area contributed by atoms with Crippen LogP contribution in [0.1, 0.15) is 5.76 Å². The number of carboxylic acids is 1. The number of carboxylic acid groups (broad SMARTS) is 1. The van der Waals surface area contributed by atoms with Crippen LogP contribution in [0.25, 0.3) is 17.4 Å². The molecule has 1 aromatic heterocycles. The van der Waals surface area contributed by atoms with Crippen molar-refractivity contribution in [2.45, 2.75) is 0 Å². The number of aliphatic carboxylic acids is 1. The maximum absolute atomic E-state index is 10.2. The van der Waals surface area contributed by atoms with Gasteiger partial charge in [-0.1, -0.05) is 23.7 Å². The number of benzene rings is 1. The number of hydrogen-bond donors (Lipinski definition) is 0. The average Bonchev–Trinajstić information content (AvgIpc) is 2.75. The van der Waals surface area contributed by atoms with Gasteiger partial charge >= 0.3 is 0 Å². The van der Waals surface area contributed by atoms with Crippen molar-refractivity contribution in [3.05, 3.63) is 53.3 Å². The van der Waals surface area contributed by atoms with Gasteiger partial charge in [-0.15, -0.1) is 0 Å². The second-order valence-corrected chi connectivity index (χ2v) is 3.74. The third-order valence-electron chi connectivity index (χ3n) is 2.15. The van der Waals surface area contributed by atoms with Gasteiger partial charge in [0, 0.05) is 5.56 Å². The largest absolute Gasteiger partial charge is 0.545 e. The smallest absolute Gasteiger partial charge is 0.136 e. The van der Waals surface area contributed by atoms with Gasteiger partial charge in [-0.05, 0) is 36.4 Å². The molecule has 1 heterocycles. The highest BCUT2D eigenvalue weighted by Gasteiger charge is 2.06. The summed E-state index contributed by atoms with van der Waals surface area (Å²) in [4.78, 5) is 10.2. The highest BCUT2D eigenvalue weighted by Crippen LogP contribution is 2.29. The van der Waals surface area contributed by atoms with Crippen LogP contribution in [0.3, 0.4) is 0 Å². The molecule has 0 unspecified atom stereocenters. The lowest BCUT2D eigenvalue weighted by Crippen LogP contribution is -2.18. The van der Waals surface area contributed by atoms with Crippen molar-refractivity contribution in [3.63, 3.8) is 0 Å². The summed E-state index contributed by atoms with van der Waals surface area (Å²) in [6.07, 6.45) is 2.24. The van der Waals surface area contributed by atoms with Crippen LogP contribution >= 0.6 is 11.6 Å². The molecule has 0 radical (unpaired) electrons. The maximum Gasteiger partial charge on any atom is 0.136 e. The molecule has 0 saturated carbocycles. The summed E-state index contributed by atoms with van der Waals surface area (Å²) in [6, 6.07) is 10.7. The number of carbonyl (C=O) groups is 1. The van der Waals surface area contributed by atoms with Crippen LogP contribution in [-0.4, -0.2) is 5.97 Å². The first-order valence-corrected chi connectivity index (χ1v) is 5.28. The molecule has 4 heteroatoms. The normalized spacial score (nSPS) is 10.9. The van der Waals surface area contributed by atoms with Crippen LogP contribution in [0.2, 0.25) is 5.02 Å². The lowest BCUT2D eigenvalue weighted by atomic mass is 10.2. The van der Waals surface area contributed by atoms with Crippen molar-refractivity contribution in [3.8, 4) is 11.3 Å². The van der Waals surface area contributed by atoms with Crippen molar-refractivity contribution in [1.82, 2.24) is 0 Å². The first kappa shape index (κ1) is 11.5. The van der Waals surface area contributed by atoms with Gasteiger partial charge < -0.3 is 14.3 Å². The fourth-order valence-electron chi connectivity index (χ4n) is 1.40. The molecule has 0 atom stereocenters. The molecule has 86 valence electrons. The van der Waals surface area contributed by atoms with E-state index in [1.807, 2.05) is 18.2 Å². The van der Waals surface area contributed by atoms with E-state index in [1.54, 1.807) is 18.2 Å². The van der Waals surface area contributed by atoms with Gasteiger partial charge in [0.2, 0.25) is 0 Å². The second-order valence-electron chi connectivity index (χ2n) is 3.33. The summed E-state index contributed by atoms with van der Waals surface area (Å²) in [5.74, 6) is -0.238. The number of carbonyl (C=O) groups excluding carboxylic acids is 1. The van der Waals surface area contributed by atoms with Crippen molar-refractivity contribution in [2.75, 3.05) is 0 Å². The predicted octanol–water partition coefficient (Wildman–Crippen LogP) is 2.36. The van der Waals surface area contributed by atoms with E-state index in [2.05, 4.69) is 0 Å². The Kier molecular flexibility index (Phi) is 3.30. The highest BCUT2D eigenvalue weighted by atomic mass is 35.5. The summed E-state index contributed by atoms with van der Waals surface area (Å²) < 4.78 is 5.44. The molecular formula is C13H8ClO3-. The molecule has 2 aromatic rings. The summed E-state index contributed by atoms with van der Waals surface area (Å²) in [6.45, 7) is 0. The Hall–Kier alpha value is -2.00. The van der Waals surface area contributed by atoms with Crippen molar-refractivity contribution >= 4 is 23.6 Å². The molecule has 0 aliphatic rings. The van der Waals surface area contributed by atoms with E-state index >= 15 is 0 Å². The number of furan rings is 1. The van der Waals surface area contributed by atoms with E-state index in [-0.39, 0.29) is 0 Å². The van der Waals surface area contributed by atoms with Crippen LogP contribution in [0, 0.1) is 0 Å². The van der Waals surface area contributed by atoms with E-state index in [1.165, 1.54) is 6.08 Å². The molecule has 0 aliphatic heterocycles. The minimum absolute atomic E-state index is 0.434. The third kappa shape index (κ3) is 2.77. The number of hydrogen-bond acceptors (Lipinski definition) is 3. The first-order chi connectivity index (χ1) is 8.16. The molecule has 0 aliphatic carbocycles. The average molecular weight is 248 g/mol. The topological polar surface area (TPSA) is 53.3 Å². The van der Waals surface area contributed by atoms with Crippen LogP contribution in [-0.2, 0) is 4.79 Å². The zero-order chi connectivity index (χ0) is 12.3. The van der Waals surface area contributed by atoms with Gasteiger partial charge in [0.25, 0.3) is 0 Å². The number of rotatable bonds is 3. The molecule has 0 N–H and O–H groups in total. The SMILES string of the molecule is O=C([O-])C=Cc1ccc(-c2ccccc2Cl)o1. The quantitative estimate of drug-likeness (QED) is 0.783. The Morgan fingerprint density at radius 3 is 2.71 bits per heavy atom. The summed E-state index contributed by atoms with van der Waals surface area (Å²) in [5.41, 5.74) is 0.766. The van der Waals surface area contributed by atoms with Gasteiger partial charge in [-0.2, -0.15) is 0 Å². The molecule has 17 heavy (non-hydrogen) atoms. The minimum atomic E-state index is -1.26. The van der Waals surface area contributed by atoms with E-state index < -0.39 is 5.97 Å². The van der Waals surface area contributed by atoms with Crippen LogP contribution in [0.15, 0.2) is 46.9 Å². The van der Waals surface area contributed by atoms with Gasteiger partial charge in [-0.3, -0.25) is 0 Å². The van der Waals surface area contributed by atoms with Crippen LogP contribution in [0.4, 0.5) is 0 Å². The zero-order valence-electron chi connectivity index (χ0n) is 8.72. The van der Waals surface area contributed by atoms with Crippen molar-refractivity contribution < 1.29 is 14.3 Å². The summed E-state index contributed by atoms with van der Waals surface area (Å²) in [7, 11) is 0. The molecule has 0 bridgehead atoms. The van der Waals surface area contributed by atoms with E-state index in [0.717, 1.165) is 11.6 Å². The summed E-state index contributed by atoms with van der Waals surface area (Å²) >= 11 is 6.01.